The molecule has 0 N–H and O–H groups in total. The van der Waals surface area contributed by atoms with Crippen molar-refractivity contribution in [1.82, 2.24) is 15.0 Å². The van der Waals surface area contributed by atoms with Crippen LogP contribution in [0.4, 0.5) is 0 Å². The molecule has 0 amide bonds. The zero-order valence-corrected chi connectivity index (χ0v) is 16.5. The van der Waals surface area contributed by atoms with E-state index in [9.17, 15) is 4.79 Å². The molecular formula is C23H17N3O2S. The van der Waals surface area contributed by atoms with Crippen molar-refractivity contribution in [3.05, 3.63) is 64.3 Å². The van der Waals surface area contributed by atoms with Gasteiger partial charge in [0.2, 0.25) is 5.88 Å². The van der Waals surface area contributed by atoms with Crippen LogP contribution in [-0.2, 0) is 19.3 Å². The lowest BCUT2D eigenvalue weighted by Crippen LogP contribution is -1.97. The minimum Gasteiger partial charge on any atom is -0.438 e. The fraction of sp³-hybridized carbons (Fsp3) is 0.217. The Morgan fingerprint density at radius 2 is 2.00 bits per heavy atom. The maximum atomic E-state index is 11.9. The minimum atomic E-state index is 0.213. The topological polar surface area (TPSA) is 65.0 Å². The number of ether oxygens (including phenoxy) is 1. The van der Waals surface area contributed by atoms with Crippen LogP contribution in [0.5, 0.6) is 11.6 Å². The van der Waals surface area contributed by atoms with Crippen molar-refractivity contribution in [3.8, 4) is 23.0 Å². The van der Waals surface area contributed by atoms with Crippen LogP contribution in [0.1, 0.15) is 39.2 Å². The van der Waals surface area contributed by atoms with Crippen LogP contribution in [-0.4, -0.2) is 20.7 Å². The van der Waals surface area contributed by atoms with Crippen LogP contribution in [0, 0.1) is 0 Å². The Kier molecular flexibility index (Phi) is 3.74. The van der Waals surface area contributed by atoms with Gasteiger partial charge in [-0.25, -0.2) is 4.98 Å². The first-order chi connectivity index (χ1) is 14.3. The smallest absolute Gasteiger partial charge is 0.231 e. The number of hydrogen-bond acceptors (Lipinski definition) is 6. The van der Waals surface area contributed by atoms with Gasteiger partial charge in [-0.05, 0) is 67.1 Å². The van der Waals surface area contributed by atoms with E-state index in [1.165, 1.54) is 16.9 Å². The summed E-state index contributed by atoms with van der Waals surface area (Å²) < 4.78 is 6.32. The summed E-state index contributed by atoms with van der Waals surface area (Å²) in [5.74, 6) is 2.15. The molecule has 0 aliphatic heterocycles. The maximum Gasteiger partial charge on any atom is 0.231 e. The third-order valence-electron chi connectivity index (χ3n) is 5.66. The number of rotatable bonds is 3. The number of aromatic nitrogens is 3. The zero-order chi connectivity index (χ0) is 19.4. The standard InChI is InChI=1S/C23H17N3O2S/c27-18-9-6-13-11-15(7-8-16(13)18)28-22-20-17-4-1-5-19(17)29-23(20)26-21(25-22)14-3-2-10-24-12-14/h2-3,7-8,10-12H,1,4-6,9H2. The van der Waals surface area contributed by atoms with E-state index in [4.69, 9.17) is 14.7 Å². The van der Waals surface area contributed by atoms with E-state index < -0.39 is 0 Å². The number of hydrogen-bond donors (Lipinski definition) is 0. The summed E-state index contributed by atoms with van der Waals surface area (Å²) in [5.41, 5.74) is 4.07. The summed E-state index contributed by atoms with van der Waals surface area (Å²) in [6.45, 7) is 0. The second-order valence-corrected chi connectivity index (χ2v) is 8.56. The molecule has 0 radical (unpaired) electrons. The van der Waals surface area contributed by atoms with Gasteiger partial charge in [0, 0.05) is 34.8 Å². The van der Waals surface area contributed by atoms with Gasteiger partial charge in [0.25, 0.3) is 0 Å². The number of carbonyl (C=O) groups excluding carboxylic acids is 1. The number of carbonyl (C=O) groups is 1. The number of aryl methyl sites for hydroxylation is 3. The number of ketones is 1. The molecule has 2 aliphatic rings. The Labute approximate surface area is 171 Å². The average molecular weight is 399 g/mol. The quantitative estimate of drug-likeness (QED) is 0.476. The maximum absolute atomic E-state index is 11.9. The first-order valence-corrected chi connectivity index (χ1v) is 10.6. The van der Waals surface area contributed by atoms with Crippen molar-refractivity contribution in [3.63, 3.8) is 0 Å². The van der Waals surface area contributed by atoms with Gasteiger partial charge in [-0.15, -0.1) is 11.3 Å². The lowest BCUT2D eigenvalue weighted by atomic mass is 10.1. The van der Waals surface area contributed by atoms with Crippen molar-refractivity contribution >= 4 is 27.3 Å². The van der Waals surface area contributed by atoms with Gasteiger partial charge in [0.05, 0.1) is 5.39 Å². The number of Topliss-reactive ketones (excluding diaryl/α,β-unsaturated/α-hetero) is 1. The van der Waals surface area contributed by atoms with Gasteiger partial charge in [-0.3, -0.25) is 9.78 Å². The zero-order valence-electron chi connectivity index (χ0n) is 15.6. The lowest BCUT2D eigenvalue weighted by Gasteiger charge is -2.10. The Bertz CT molecular complexity index is 1280. The fourth-order valence-electron chi connectivity index (χ4n) is 4.27. The van der Waals surface area contributed by atoms with Gasteiger partial charge in [0.1, 0.15) is 10.6 Å². The minimum absolute atomic E-state index is 0.213. The van der Waals surface area contributed by atoms with Gasteiger partial charge in [-0.2, -0.15) is 4.98 Å². The fourth-order valence-corrected chi connectivity index (χ4v) is 5.52. The van der Waals surface area contributed by atoms with Crippen LogP contribution in [0.15, 0.2) is 42.7 Å². The molecule has 5 nitrogen and oxygen atoms in total. The van der Waals surface area contributed by atoms with Crippen molar-refractivity contribution < 1.29 is 9.53 Å². The Morgan fingerprint density at radius 1 is 1.03 bits per heavy atom. The molecule has 3 heterocycles. The molecule has 0 atom stereocenters. The third-order valence-corrected chi connectivity index (χ3v) is 6.85. The van der Waals surface area contributed by atoms with Crippen LogP contribution >= 0.6 is 11.3 Å². The van der Waals surface area contributed by atoms with E-state index in [1.54, 1.807) is 23.7 Å². The number of benzene rings is 1. The molecule has 1 aromatic carbocycles. The number of pyridine rings is 1. The van der Waals surface area contributed by atoms with Gasteiger partial charge < -0.3 is 4.74 Å². The highest BCUT2D eigenvalue weighted by Crippen LogP contribution is 2.42. The number of thiophene rings is 1. The molecule has 0 fully saturated rings. The van der Waals surface area contributed by atoms with Crippen LogP contribution in [0.25, 0.3) is 21.6 Å². The Balaban J connectivity index is 1.50. The summed E-state index contributed by atoms with van der Waals surface area (Å²) in [4.78, 5) is 28.1. The van der Waals surface area contributed by atoms with Gasteiger partial charge in [0.15, 0.2) is 11.6 Å². The van der Waals surface area contributed by atoms with Gasteiger partial charge in [-0.1, -0.05) is 0 Å². The molecular weight excluding hydrogens is 382 g/mol. The van der Waals surface area contributed by atoms with Crippen LogP contribution < -0.4 is 4.74 Å². The molecule has 142 valence electrons. The average Bonchev–Trinajstić information content (AvgIpc) is 3.43. The first-order valence-electron chi connectivity index (χ1n) is 9.83. The number of nitrogens with zero attached hydrogens (tertiary/aromatic N) is 3. The highest BCUT2D eigenvalue weighted by Gasteiger charge is 2.25. The van der Waals surface area contributed by atoms with E-state index >= 15 is 0 Å². The van der Waals surface area contributed by atoms with Crippen molar-refractivity contribution in [1.29, 1.82) is 0 Å². The summed E-state index contributed by atoms with van der Waals surface area (Å²) in [5, 5.41) is 1.03. The Morgan fingerprint density at radius 3 is 2.90 bits per heavy atom. The van der Waals surface area contributed by atoms with Crippen LogP contribution in [0.2, 0.25) is 0 Å². The molecule has 3 aromatic heterocycles. The predicted molar refractivity (Wildman–Crippen MR) is 112 cm³/mol. The molecule has 6 rings (SSSR count). The molecule has 29 heavy (non-hydrogen) atoms. The summed E-state index contributed by atoms with van der Waals surface area (Å²) in [7, 11) is 0. The molecule has 0 saturated carbocycles. The second-order valence-electron chi connectivity index (χ2n) is 7.48. The van der Waals surface area contributed by atoms with Crippen molar-refractivity contribution in [2.24, 2.45) is 0 Å². The normalized spacial score (nSPS) is 15.0. The van der Waals surface area contributed by atoms with E-state index in [-0.39, 0.29) is 5.78 Å². The van der Waals surface area contributed by atoms with Gasteiger partial charge >= 0.3 is 0 Å². The molecule has 6 heteroatoms. The predicted octanol–water partition coefficient (Wildman–Crippen LogP) is 5.16. The summed E-state index contributed by atoms with van der Waals surface area (Å²) in [6, 6.07) is 9.56. The monoisotopic (exact) mass is 399 g/mol. The SMILES string of the molecule is O=C1CCc2cc(Oc3nc(-c4cccnc4)nc4sc5c(c34)CCC5)ccc21. The third kappa shape index (κ3) is 2.75. The van der Waals surface area contributed by atoms with E-state index in [0.29, 0.717) is 23.9 Å². The molecule has 4 aromatic rings. The molecule has 2 aliphatic carbocycles. The first kappa shape index (κ1) is 16.8. The Hall–Kier alpha value is -3.12. The lowest BCUT2D eigenvalue weighted by molar-refractivity contribution is 0.0994. The highest BCUT2D eigenvalue weighted by molar-refractivity contribution is 7.19. The summed E-state index contributed by atoms with van der Waals surface area (Å²) >= 11 is 1.74. The molecule has 0 unspecified atom stereocenters. The van der Waals surface area contributed by atoms with E-state index in [1.807, 2.05) is 30.3 Å². The largest absolute Gasteiger partial charge is 0.438 e. The van der Waals surface area contributed by atoms with Crippen molar-refractivity contribution in [2.75, 3.05) is 0 Å². The highest BCUT2D eigenvalue weighted by atomic mass is 32.1. The van der Waals surface area contributed by atoms with E-state index in [0.717, 1.165) is 46.2 Å². The van der Waals surface area contributed by atoms with E-state index in [2.05, 4.69) is 4.98 Å². The van der Waals surface area contributed by atoms with Crippen LogP contribution in [0.3, 0.4) is 0 Å². The second kappa shape index (κ2) is 6.46. The number of fused-ring (bicyclic) bond motifs is 4. The molecule has 0 bridgehead atoms. The molecule has 0 spiro atoms. The summed E-state index contributed by atoms with van der Waals surface area (Å²) in [6.07, 6.45) is 8.18. The molecule has 0 saturated heterocycles. The van der Waals surface area contributed by atoms with Crippen molar-refractivity contribution in [2.45, 2.75) is 32.1 Å².